The Morgan fingerprint density at radius 2 is 1.79 bits per heavy atom. The van der Waals surface area contributed by atoms with Crippen LogP contribution in [0.3, 0.4) is 0 Å². The van der Waals surface area contributed by atoms with E-state index in [0.29, 0.717) is 0 Å². The van der Waals surface area contributed by atoms with E-state index in [2.05, 4.69) is 48.5 Å². The molecule has 0 spiro atoms. The smallest absolute Gasteiger partial charge is 0.0518 e. The van der Waals surface area contributed by atoms with E-state index in [4.69, 9.17) is 5.84 Å². The van der Waals surface area contributed by atoms with Crippen molar-refractivity contribution in [1.82, 2.24) is 10.4 Å². The maximum atomic E-state index is 5.74. The summed E-state index contributed by atoms with van der Waals surface area (Å²) in [6.45, 7) is 6.31. The van der Waals surface area contributed by atoms with Crippen LogP contribution in [0.1, 0.15) is 34.0 Å². The van der Waals surface area contributed by atoms with Gasteiger partial charge in [0.15, 0.2) is 0 Å². The van der Waals surface area contributed by atoms with Crippen LogP contribution in [0.25, 0.3) is 0 Å². The first-order chi connectivity index (χ1) is 9.13. The van der Waals surface area contributed by atoms with Crippen LogP contribution >= 0.6 is 0 Å². The number of aryl methyl sites for hydroxylation is 3. The Morgan fingerprint density at radius 1 is 1.11 bits per heavy atom. The highest BCUT2D eigenvalue weighted by Gasteiger charge is 2.15. The lowest BCUT2D eigenvalue weighted by Crippen LogP contribution is -2.30. The number of rotatable bonds is 4. The van der Waals surface area contributed by atoms with Crippen LogP contribution in [0.15, 0.2) is 36.5 Å². The number of nitrogens with one attached hydrogen (secondary N) is 1. The van der Waals surface area contributed by atoms with Gasteiger partial charge in [-0.25, -0.2) is 0 Å². The third-order valence-corrected chi connectivity index (χ3v) is 3.68. The van der Waals surface area contributed by atoms with Crippen molar-refractivity contribution in [1.29, 1.82) is 0 Å². The van der Waals surface area contributed by atoms with Crippen molar-refractivity contribution in [2.24, 2.45) is 5.84 Å². The van der Waals surface area contributed by atoms with Crippen LogP contribution in [0.5, 0.6) is 0 Å². The number of pyridine rings is 1. The van der Waals surface area contributed by atoms with E-state index < -0.39 is 0 Å². The first-order valence-corrected chi connectivity index (χ1v) is 6.56. The molecule has 1 unspecified atom stereocenters. The molecule has 1 heterocycles. The lowest BCUT2D eigenvalue weighted by Gasteiger charge is -2.20. The van der Waals surface area contributed by atoms with Gasteiger partial charge in [-0.2, -0.15) is 0 Å². The number of hydrazine groups is 1. The molecule has 3 heteroatoms. The van der Waals surface area contributed by atoms with Crippen LogP contribution < -0.4 is 11.3 Å². The number of hydrogen-bond acceptors (Lipinski definition) is 3. The van der Waals surface area contributed by atoms with Gasteiger partial charge in [0, 0.05) is 11.9 Å². The SMILES string of the molecule is Cc1cccc(C)c1CC(NN)c1cccnc1C. The van der Waals surface area contributed by atoms with Crippen molar-refractivity contribution >= 4 is 0 Å². The Morgan fingerprint density at radius 3 is 2.37 bits per heavy atom. The van der Waals surface area contributed by atoms with Crippen LogP contribution in [0, 0.1) is 20.8 Å². The second kappa shape index (κ2) is 5.95. The van der Waals surface area contributed by atoms with Crippen LogP contribution in [-0.2, 0) is 6.42 Å². The molecule has 100 valence electrons. The summed E-state index contributed by atoms with van der Waals surface area (Å²) in [5, 5.41) is 0. The Balaban J connectivity index is 2.32. The number of hydrogen-bond donors (Lipinski definition) is 2. The molecule has 0 fully saturated rings. The molecule has 1 aromatic heterocycles. The van der Waals surface area contributed by atoms with Crippen molar-refractivity contribution in [3.63, 3.8) is 0 Å². The van der Waals surface area contributed by atoms with Crippen molar-refractivity contribution < 1.29 is 0 Å². The van der Waals surface area contributed by atoms with Crippen molar-refractivity contribution in [3.05, 3.63) is 64.5 Å². The first kappa shape index (κ1) is 13.7. The summed E-state index contributed by atoms with van der Waals surface area (Å²) in [6.07, 6.45) is 2.69. The van der Waals surface area contributed by atoms with Crippen molar-refractivity contribution in [2.75, 3.05) is 0 Å². The summed E-state index contributed by atoms with van der Waals surface area (Å²) < 4.78 is 0. The molecule has 0 saturated carbocycles. The minimum Gasteiger partial charge on any atom is -0.271 e. The average molecular weight is 255 g/mol. The van der Waals surface area contributed by atoms with E-state index in [-0.39, 0.29) is 6.04 Å². The molecule has 1 atom stereocenters. The highest BCUT2D eigenvalue weighted by Crippen LogP contribution is 2.23. The molecular weight excluding hydrogens is 234 g/mol. The minimum absolute atomic E-state index is 0.0912. The Bertz CT molecular complexity index is 543. The summed E-state index contributed by atoms with van der Waals surface area (Å²) in [5.41, 5.74) is 9.08. The largest absolute Gasteiger partial charge is 0.271 e. The van der Waals surface area contributed by atoms with Crippen molar-refractivity contribution in [3.8, 4) is 0 Å². The summed E-state index contributed by atoms with van der Waals surface area (Å²) >= 11 is 0. The molecule has 2 aromatic rings. The molecule has 0 amide bonds. The average Bonchev–Trinajstić information content (AvgIpc) is 2.40. The topological polar surface area (TPSA) is 50.9 Å². The highest BCUT2D eigenvalue weighted by molar-refractivity contribution is 5.36. The van der Waals surface area contributed by atoms with Gasteiger partial charge in [0.2, 0.25) is 0 Å². The van der Waals surface area contributed by atoms with Crippen LogP contribution in [0.2, 0.25) is 0 Å². The zero-order valence-electron chi connectivity index (χ0n) is 11.8. The molecule has 2 rings (SSSR count). The molecule has 1 aromatic carbocycles. The quantitative estimate of drug-likeness (QED) is 0.652. The van der Waals surface area contributed by atoms with Crippen LogP contribution in [0.4, 0.5) is 0 Å². The van der Waals surface area contributed by atoms with Gasteiger partial charge in [0.25, 0.3) is 0 Å². The minimum atomic E-state index is 0.0912. The molecule has 0 bridgehead atoms. The van der Waals surface area contributed by atoms with E-state index in [1.165, 1.54) is 16.7 Å². The summed E-state index contributed by atoms with van der Waals surface area (Å²) in [6, 6.07) is 10.5. The highest BCUT2D eigenvalue weighted by atomic mass is 15.2. The predicted molar refractivity (Wildman–Crippen MR) is 78.7 cm³/mol. The molecule has 0 aliphatic rings. The summed E-state index contributed by atoms with van der Waals surface area (Å²) in [7, 11) is 0. The van der Waals surface area contributed by atoms with Gasteiger partial charge in [-0.1, -0.05) is 24.3 Å². The normalized spacial score (nSPS) is 12.4. The van der Waals surface area contributed by atoms with Gasteiger partial charge in [-0.05, 0) is 55.5 Å². The first-order valence-electron chi connectivity index (χ1n) is 6.56. The molecular formula is C16H21N3. The van der Waals surface area contributed by atoms with E-state index in [1.54, 1.807) is 0 Å². The molecule has 0 aliphatic heterocycles. The second-order valence-corrected chi connectivity index (χ2v) is 4.97. The van der Waals surface area contributed by atoms with Gasteiger partial charge < -0.3 is 0 Å². The fourth-order valence-corrected chi connectivity index (χ4v) is 2.50. The maximum Gasteiger partial charge on any atom is 0.0518 e. The number of nitrogens with two attached hydrogens (primary N) is 1. The second-order valence-electron chi connectivity index (χ2n) is 4.97. The number of aromatic nitrogens is 1. The van der Waals surface area contributed by atoms with E-state index in [0.717, 1.165) is 17.7 Å². The number of benzene rings is 1. The Hall–Kier alpha value is -1.71. The molecule has 0 saturated heterocycles. The zero-order chi connectivity index (χ0) is 13.8. The Labute approximate surface area is 114 Å². The van der Waals surface area contributed by atoms with E-state index in [9.17, 15) is 0 Å². The predicted octanol–water partition coefficient (Wildman–Crippen LogP) is 2.75. The van der Waals surface area contributed by atoms with Crippen LogP contribution in [-0.4, -0.2) is 4.98 Å². The third-order valence-electron chi connectivity index (χ3n) is 3.68. The zero-order valence-corrected chi connectivity index (χ0v) is 11.8. The van der Waals surface area contributed by atoms with Gasteiger partial charge in [-0.3, -0.25) is 16.3 Å². The number of nitrogens with zero attached hydrogens (tertiary/aromatic N) is 1. The monoisotopic (exact) mass is 255 g/mol. The molecule has 3 nitrogen and oxygen atoms in total. The lowest BCUT2D eigenvalue weighted by atomic mass is 9.93. The molecule has 3 N–H and O–H groups in total. The van der Waals surface area contributed by atoms with Gasteiger partial charge in [-0.15, -0.1) is 0 Å². The summed E-state index contributed by atoms with van der Waals surface area (Å²) in [4.78, 5) is 4.34. The fourth-order valence-electron chi connectivity index (χ4n) is 2.50. The van der Waals surface area contributed by atoms with Crippen molar-refractivity contribution in [2.45, 2.75) is 33.2 Å². The standard InChI is InChI=1S/C16H21N3/c1-11-6-4-7-12(2)15(11)10-16(19-17)14-8-5-9-18-13(14)3/h4-9,16,19H,10,17H2,1-3H3. The van der Waals surface area contributed by atoms with Gasteiger partial charge in [0.1, 0.15) is 0 Å². The maximum absolute atomic E-state index is 5.74. The van der Waals surface area contributed by atoms with E-state index >= 15 is 0 Å². The third kappa shape index (κ3) is 3.00. The fraction of sp³-hybridized carbons (Fsp3) is 0.312. The molecule has 19 heavy (non-hydrogen) atoms. The molecule has 0 radical (unpaired) electrons. The van der Waals surface area contributed by atoms with E-state index in [1.807, 2.05) is 19.2 Å². The Kier molecular flexibility index (Phi) is 4.30. The molecule has 0 aliphatic carbocycles. The van der Waals surface area contributed by atoms with Gasteiger partial charge in [0.05, 0.1) is 6.04 Å². The van der Waals surface area contributed by atoms with Gasteiger partial charge >= 0.3 is 0 Å². The summed E-state index contributed by atoms with van der Waals surface area (Å²) in [5.74, 6) is 5.74. The lowest BCUT2D eigenvalue weighted by molar-refractivity contribution is 0.545.